The van der Waals surface area contributed by atoms with E-state index in [9.17, 15) is 0 Å². The molecule has 0 amide bonds. The quantitative estimate of drug-likeness (QED) is 0.841. The van der Waals surface area contributed by atoms with Gasteiger partial charge in [0.1, 0.15) is 0 Å². The number of halogens is 1. The SMILES string of the molecule is Clc1ccc(Sc2cccc3c2NCCC3)cc1. The smallest absolute Gasteiger partial charge is 0.0514 e. The number of nitrogens with one attached hydrogen (secondary N) is 1. The molecule has 0 bridgehead atoms. The molecule has 0 aromatic heterocycles. The molecule has 1 N–H and O–H groups in total. The molecule has 0 spiro atoms. The third-order valence-corrected chi connectivity index (χ3v) is 4.40. The number of fused-ring (bicyclic) bond motifs is 1. The zero-order chi connectivity index (χ0) is 12.4. The fourth-order valence-corrected chi connectivity index (χ4v) is 3.30. The van der Waals surface area contributed by atoms with Crippen LogP contribution >= 0.6 is 23.4 Å². The molecule has 2 aromatic carbocycles. The molecule has 0 aliphatic carbocycles. The average Bonchev–Trinajstić information content (AvgIpc) is 2.42. The van der Waals surface area contributed by atoms with Gasteiger partial charge in [0.25, 0.3) is 0 Å². The van der Waals surface area contributed by atoms with Crippen LogP contribution in [0.15, 0.2) is 52.3 Å². The summed E-state index contributed by atoms with van der Waals surface area (Å²) in [6.07, 6.45) is 2.40. The van der Waals surface area contributed by atoms with Crippen LogP contribution in [0.1, 0.15) is 12.0 Å². The van der Waals surface area contributed by atoms with E-state index in [1.165, 1.54) is 33.9 Å². The summed E-state index contributed by atoms with van der Waals surface area (Å²) >= 11 is 7.70. The highest BCUT2D eigenvalue weighted by atomic mass is 35.5. The van der Waals surface area contributed by atoms with Gasteiger partial charge in [-0.15, -0.1) is 0 Å². The average molecular weight is 276 g/mol. The van der Waals surface area contributed by atoms with Crippen LogP contribution in [-0.2, 0) is 6.42 Å². The van der Waals surface area contributed by atoms with Gasteiger partial charge in [-0.25, -0.2) is 0 Å². The first-order valence-electron chi connectivity index (χ1n) is 6.12. The second-order valence-electron chi connectivity index (χ2n) is 4.38. The van der Waals surface area contributed by atoms with E-state index in [2.05, 4.69) is 35.6 Å². The highest BCUT2D eigenvalue weighted by molar-refractivity contribution is 7.99. The molecule has 2 aromatic rings. The standard InChI is InChI=1S/C15H14ClNS/c16-12-6-8-13(9-7-12)18-14-5-1-3-11-4-2-10-17-15(11)14/h1,3,5-9,17H,2,4,10H2. The van der Waals surface area contributed by atoms with Crippen molar-refractivity contribution in [1.29, 1.82) is 0 Å². The van der Waals surface area contributed by atoms with Crippen molar-refractivity contribution in [1.82, 2.24) is 0 Å². The van der Waals surface area contributed by atoms with Crippen LogP contribution in [0.3, 0.4) is 0 Å². The summed E-state index contributed by atoms with van der Waals surface area (Å²) in [6, 6.07) is 14.5. The number of aryl methyl sites for hydroxylation is 1. The summed E-state index contributed by atoms with van der Waals surface area (Å²) in [6.45, 7) is 1.07. The number of hydrogen-bond donors (Lipinski definition) is 1. The van der Waals surface area contributed by atoms with Gasteiger partial charge in [-0.1, -0.05) is 35.5 Å². The third kappa shape index (κ3) is 2.50. The third-order valence-electron chi connectivity index (χ3n) is 3.08. The van der Waals surface area contributed by atoms with Gasteiger partial charge >= 0.3 is 0 Å². The van der Waals surface area contributed by atoms with Crippen LogP contribution in [0.4, 0.5) is 5.69 Å². The van der Waals surface area contributed by atoms with Gasteiger partial charge in [-0.05, 0) is 48.7 Å². The van der Waals surface area contributed by atoms with E-state index in [-0.39, 0.29) is 0 Å². The molecule has 0 saturated carbocycles. The van der Waals surface area contributed by atoms with Gasteiger partial charge in [0.15, 0.2) is 0 Å². The molecule has 18 heavy (non-hydrogen) atoms. The van der Waals surface area contributed by atoms with Gasteiger partial charge in [-0.2, -0.15) is 0 Å². The van der Waals surface area contributed by atoms with Crippen molar-refractivity contribution in [3.8, 4) is 0 Å². The Hall–Kier alpha value is -1.12. The number of rotatable bonds is 2. The Balaban J connectivity index is 1.90. The molecule has 1 aliphatic heterocycles. The largest absolute Gasteiger partial charge is 0.384 e. The van der Waals surface area contributed by atoms with Gasteiger partial charge < -0.3 is 5.32 Å². The van der Waals surface area contributed by atoms with Crippen LogP contribution in [0.2, 0.25) is 5.02 Å². The van der Waals surface area contributed by atoms with Gasteiger partial charge in [0, 0.05) is 21.4 Å². The number of benzene rings is 2. The summed E-state index contributed by atoms with van der Waals surface area (Å²) < 4.78 is 0. The first kappa shape index (κ1) is 11.9. The van der Waals surface area contributed by atoms with Crippen LogP contribution in [0.5, 0.6) is 0 Å². The van der Waals surface area contributed by atoms with Gasteiger partial charge in [-0.3, -0.25) is 0 Å². The molecule has 0 unspecified atom stereocenters. The van der Waals surface area contributed by atoms with Crippen molar-refractivity contribution in [3.63, 3.8) is 0 Å². The Morgan fingerprint density at radius 1 is 1.06 bits per heavy atom. The van der Waals surface area contributed by atoms with E-state index in [4.69, 9.17) is 11.6 Å². The van der Waals surface area contributed by atoms with Crippen LogP contribution in [0, 0.1) is 0 Å². The number of para-hydroxylation sites is 1. The molecule has 0 radical (unpaired) electrons. The van der Waals surface area contributed by atoms with E-state index < -0.39 is 0 Å². The minimum Gasteiger partial charge on any atom is -0.384 e. The second-order valence-corrected chi connectivity index (χ2v) is 5.93. The van der Waals surface area contributed by atoms with Crippen LogP contribution in [0.25, 0.3) is 0 Å². The minimum atomic E-state index is 0.785. The molecule has 1 aliphatic rings. The fourth-order valence-electron chi connectivity index (χ4n) is 2.19. The van der Waals surface area contributed by atoms with E-state index in [0.29, 0.717) is 0 Å². The van der Waals surface area contributed by atoms with Gasteiger partial charge in [0.2, 0.25) is 0 Å². The van der Waals surface area contributed by atoms with Gasteiger partial charge in [0.05, 0.1) is 5.69 Å². The lowest BCUT2D eigenvalue weighted by atomic mass is 10.0. The van der Waals surface area contributed by atoms with Crippen molar-refractivity contribution in [2.45, 2.75) is 22.6 Å². The lowest BCUT2D eigenvalue weighted by Crippen LogP contribution is -2.12. The number of hydrogen-bond acceptors (Lipinski definition) is 2. The predicted molar refractivity (Wildman–Crippen MR) is 78.8 cm³/mol. The molecule has 1 nitrogen and oxygen atoms in total. The van der Waals surface area contributed by atoms with E-state index in [1.807, 2.05) is 12.1 Å². The molecular formula is C15H14ClNS. The fraction of sp³-hybridized carbons (Fsp3) is 0.200. The molecule has 3 heteroatoms. The van der Waals surface area contributed by atoms with Crippen LogP contribution in [-0.4, -0.2) is 6.54 Å². The van der Waals surface area contributed by atoms with Crippen molar-refractivity contribution in [3.05, 3.63) is 53.1 Å². The Labute approximate surface area is 117 Å². The summed E-state index contributed by atoms with van der Waals surface area (Å²) in [5.41, 5.74) is 2.74. The van der Waals surface area contributed by atoms with Crippen molar-refractivity contribution >= 4 is 29.1 Å². The zero-order valence-electron chi connectivity index (χ0n) is 9.95. The Morgan fingerprint density at radius 3 is 2.72 bits per heavy atom. The predicted octanol–water partition coefficient (Wildman–Crippen LogP) is 4.85. The second kappa shape index (κ2) is 5.25. The highest BCUT2D eigenvalue weighted by Gasteiger charge is 2.12. The summed E-state index contributed by atoms with van der Waals surface area (Å²) in [5.74, 6) is 0. The zero-order valence-corrected chi connectivity index (χ0v) is 11.5. The molecule has 0 saturated heterocycles. The maximum atomic E-state index is 5.91. The van der Waals surface area contributed by atoms with E-state index >= 15 is 0 Å². The Bertz CT molecular complexity index is 551. The van der Waals surface area contributed by atoms with Crippen molar-refractivity contribution in [2.75, 3.05) is 11.9 Å². The molecule has 3 rings (SSSR count). The first-order chi connectivity index (χ1) is 8.83. The monoisotopic (exact) mass is 275 g/mol. The Morgan fingerprint density at radius 2 is 1.89 bits per heavy atom. The lowest BCUT2D eigenvalue weighted by Gasteiger charge is -2.20. The molecule has 0 atom stereocenters. The summed E-state index contributed by atoms with van der Waals surface area (Å²) in [5, 5.41) is 4.30. The van der Waals surface area contributed by atoms with E-state index in [0.717, 1.165) is 11.6 Å². The first-order valence-corrected chi connectivity index (χ1v) is 7.31. The minimum absolute atomic E-state index is 0.785. The summed E-state index contributed by atoms with van der Waals surface area (Å²) in [4.78, 5) is 2.52. The molecule has 0 fully saturated rings. The maximum absolute atomic E-state index is 5.91. The normalized spacial score (nSPS) is 13.8. The van der Waals surface area contributed by atoms with E-state index in [1.54, 1.807) is 11.8 Å². The number of anilines is 1. The summed E-state index contributed by atoms with van der Waals surface area (Å²) in [7, 11) is 0. The molecular weight excluding hydrogens is 262 g/mol. The van der Waals surface area contributed by atoms with Crippen LogP contribution < -0.4 is 5.32 Å². The topological polar surface area (TPSA) is 12.0 Å². The van der Waals surface area contributed by atoms with Crippen molar-refractivity contribution in [2.24, 2.45) is 0 Å². The molecule has 1 heterocycles. The van der Waals surface area contributed by atoms with Crippen molar-refractivity contribution < 1.29 is 0 Å². The molecule has 92 valence electrons. The highest BCUT2D eigenvalue weighted by Crippen LogP contribution is 2.37. The Kier molecular flexibility index (Phi) is 3.48. The lowest BCUT2D eigenvalue weighted by molar-refractivity contribution is 0.823. The maximum Gasteiger partial charge on any atom is 0.0514 e.